The first-order valence-corrected chi connectivity index (χ1v) is 8.27. The van der Waals surface area contributed by atoms with E-state index in [1.54, 1.807) is 6.20 Å². The molecule has 5 heteroatoms. The molecule has 2 aromatic carbocycles. The minimum absolute atomic E-state index is 0.0536. The highest BCUT2D eigenvalue weighted by atomic mass is 16.5. The Kier molecular flexibility index (Phi) is 5.14. The summed E-state index contributed by atoms with van der Waals surface area (Å²) in [6.45, 7) is 4.48. The number of imidazole rings is 1. The quantitative estimate of drug-likeness (QED) is 0.716. The third-order valence-corrected chi connectivity index (χ3v) is 3.76. The fraction of sp³-hybridized carbons (Fsp3) is 0.200. The van der Waals surface area contributed by atoms with Gasteiger partial charge in [0.05, 0.1) is 24.9 Å². The number of hydrogen-bond donors (Lipinski definition) is 2. The number of benzene rings is 2. The number of carbonyl (C=O) groups is 1. The summed E-state index contributed by atoms with van der Waals surface area (Å²) >= 11 is 0. The molecular weight excluding hydrogens is 314 g/mol. The average molecular weight is 335 g/mol. The second-order valence-electron chi connectivity index (χ2n) is 5.77. The van der Waals surface area contributed by atoms with E-state index in [-0.39, 0.29) is 5.91 Å². The van der Waals surface area contributed by atoms with Crippen LogP contribution < -0.4 is 10.1 Å². The number of nitrogens with zero attached hydrogens (tertiary/aromatic N) is 1. The van der Waals surface area contributed by atoms with Crippen molar-refractivity contribution in [2.75, 3.05) is 11.9 Å². The number of aryl methyl sites for hydroxylation is 1. The summed E-state index contributed by atoms with van der Waals surface area (Å²) in [4.78, 5) is 19.7. The van der Waals surface area contributed by atoms with Crippen LogP contribution in [0.25, 0.3) is 11.3 Å². The van der Waals surface area contributed by atoms with Crippen molar-refractivity contribution in [3.8, 4) is 17.0 Å². The lowest BCUT2D eigenvalue weighted by atomic mass is 10.1. The van der Waals surface area contributed by atoms with E-state index in [1.807, 2.05) is 62.4 Å². The van der Waals surface area contributed by atoms with Gasteiger partial charge in [0.15, 0.2) is 0 Å². The van der Waals surface area contributed by atoms with E-state index < -0.39 is 0 Å². The third-order valence-electron chi connectivity index (χ3n) is 3.76. The van der Waals surface area contributed by atoms with Gasteiger partial charge in [0.1, 0.15) is 11.6 Å². The number of nitrogens with one attached hydrogen (secondary N) is 2. The lowest BCUT2D eigenvalue weighted by molar-refractivity contribution is -0.115. The average Bonchev–Trinajstić information content (AvgIpc) is 3.04. The number of rotatable bonds is 6. The van der Waals surface area contributed by atoms with Gasteiger partial charge in [0, 0.05) is 11.3 Å². The van der Waals surface area contributed by atoms with Gasteiger partial charge < -0.3 is 15.0 Å². The minimum atomic E-state index is -0.0536. The van der Waals surface area contributed by atoms with Gasteiger partial charge in [-0.25, -0.2) is 4.98 Å². The molecular formula is C20H21N3O2. The van der Waals surface area contributed by atoms with E-state index in [0.29, 0.717) is 13.0 Å². The molecule has 0 aliphatic rings. The number of aromatic nitrogens is 2. The summed E-state index contributed by atoms with van der Waals surface area (Å²) in [5, 5.41) is 2.94. The standard InChI is InChI=1S/C20H21N3O2/c1-3-25-18-9-7-15(8-10-18)11-20(24)23-17-6-4-5-16(12-17)19-13-21-14(2)22-19/h4-10,12-13H,3,11H2,1-2H3,(H,21,22)(H,23,24). The molecule has 0 fully saturated rings. The molecule has 0 aliphatic carbocycles. The van der Waals surface area contributed by atoms with Gasteiger partial charge in [-0.3, -0.25) is 4.79 Å². The highest BCUT2D eigenvalue weighted by Gasteiger charge is 2.07. The molecule has 0 aliphatic heterocycles. The molecule has 0 bridgehead atoms. The van der Waals surface area contributed by atoms with Crippen molar-refractivity contribution in [2.45, 2.75) is 20.3 Å². The maximum Gasteiger partial charge on any atom is 0.228 e. The molecule has 3 aromatic rings. The molecule has 2 N–H and O–H groups in total. The Bertz CT molecular complexity index is 853. The molecule has 0 atom stereocenters. The van der Waals surface area contributed by atoms with E-state index >= 15 is 0 Å². The van der Waals surface area contributed by atoms with Crippen LogP contribution in [0.1, 0.15) is 18.3 Å². The van der Waals surface area contributed by atoms with Crippen molar-refractivity contribution < 1.29 is 9.53 Å². The van der Waals surface area contributed by atoms with Gasteiger partial charge >= 0.3 is 0 Å². The van der Waals surface area contributed by atoms with Gasteiger partial charge in [-0.1, -0.05) is 24.3 Å². The summed E-state index contributed by atoms with van der Waals surface area (Å²) in [5.41, 5.74) is 3.63. The van der Waals surface area contributed by atoms with E-state index in [1.165, 1.54) is 0 Å². The molecule has 0 spiro atoms. The lowest BCUT2D eigenvalue weighted by Crippen LogP contribution is -2.14. The van der Waals surface area contributed by atoms with Crippen molar-refractivity contribution in [3.05, 3.63) is 66.1 Å². The molecule has 0 unspecified atom stereocenters. The van der Waals surface area contributed by atoms with E-state index in [0.717, 1.165) is 34.1 Å². The van der Waals surface area contributed by atoms with Gasteiger partial charge in [-0.05, 0) is 43.7 Å². The number of H-pyrrole nitrogens is 1. The largest absolute Gasteiger partial charge is 0.494 e. The van der Waals surface area contributed by atoms with Gasteiger partial charge in [-0.2, -0.15) is 0 Å². The smallest absolute Gasteiger partial charge is 0.228 e. The summed E-state index contributed by atoms with van der Waals surface area (Å²) < 4.78 is 5.41. The van der Waals surface area contributed by atoms with Crippen LogP contribution in [0, 0.1) is 6.92 Å². The maximum atomic E-state index is 12.3. The van der Waals surface area contributed by atoms with Crippen molar-refractivity contribution in [2.24, 2.45) is 0 Å². The third kappa shape index (κ3) is 4.47. The van der Waals surface area contributed by atoms with E-state index in [2.05, 4.69) is 15.3 Å². The molecule has 3 rings (SSSR count). The molecule has 1 heterocycles. The molecule has 128 valence electrons. The monoisotopic (exact) mass is 335 g/mol. The van der Waals surface area contributed by atoms with Crippen LogP contribution in [0.15, 0.2) is 54.7 Å². The first kappa shape index (κ1) is 16.8. The van der Waals surface area contributed by atoms with Crippen molar-refractivity contribution in [3.63, 3.8) is 0 Å². The predicted octanol–water partition coefficient (Wildman–Crippen LogP) is 3.97. The second-order valence-corrected chi connectivity index (χ2v) is 5.77. The van der Waals surface area contributed by atoms with Crippen molar-refractivity contribution in [1.82, 2.24) is 9.97 Å². The zero-order chi connectivity index (χ0) is 17.6. The van der Waals surface area contributed by atoms with Crippen LogP contribution in [-0.4, -0.2) is 22.5 Å². The van der Waals surface area contributed by atoms with Crippen LogP contribution in [0.5, 0.6) is 5.75 Å². The zero-order valence-corrected chi connectivity index (χ0v) is 14.4. The summed E-state index contributed by atoms with van der Waals surface area (Å²) in [5.74, 6) is 1.62. The first-order valence-electron chi connectivity index (χ1n) is 8.27. The summed E-state index contributed by atoms with van der Waals surface area (Å²) in [7, 11) is 0. The van der Waals surface area contributed by atoms with Crippen LogP contribution >= 0.6 is 0 Å². The summed E-state index contributed by atoms with van der Waals surface area (Å²) in [6.07, 6.45) is 2.11. The zero-order valence-electron chi connectivity index (χ0n) is 14.4. The Balaban J connectivity index is 1.64. The van der Waals surface area contributed by atoms with Gasteiger partial charge in [0.2, 0.25) is 5.91 Å². The number of carbonyl (C=O) groups excluding carboxylic acids is 1. The SMILES string of the molecule is CCOc1ccc(CC(=O)Nc2cccc(-c3cnc(C)[nH]3)c2)cc1. The minimum Gasteiger partial charge on any atom is -0.494 e. The van der Waals surface area contributed by atoms with Crippen LogP contribution in [-0.2, 0) is 11.2 Å². The van der Waals surface area contributed by atoms with Gasteiger partial charge in [0.25, 0.3) is 0 Å². The lowest BCUT2D eigenvalue weighted by Gasteiger charge is -2.08. The topological polar surface area (TPSA) is 67.0 Å². The van der Waals surface area contributed by atoms with Crippen LogP contribution in [0.2, 0.25) is 0 Å². The number of aromatic amines is 1. The Labute approximate surface area is 147 Å². The molecule has 0 saturated heterocycles. The Morgan fingerprint density at radius 2 is 2.00 bits per heavy atom. The first-order chi connectivity index (χ1) is 12.1. The fourth-order valence-electron chi connectivity index (χ4n) is 2.59. The van der Waals surface area contributed by atoms with E-state index in [9.17, 15) is 4.79 Å². The Morgan fingerprint density at radius 3 is 2.68 bits per heavy atom. The number of hydrogen-bond acceptors (Lipinski definition) is 3. The number of anilines is 1. The molecule has 1 aromatic heterocycles. The van der Waals surface area contributed by atoms with Gasteiger partial charge in [-0.15, -0.1) is 0 Å². The van der Waals surface area contributed by atoms with Crippen molar-refractivity contribution >= 4 is 11.6 Å². The van der Waals surface area contributed by atoms with E-state index in [4.69, 9.17) is 4.74 Å². The predicted molar refractivity (Wildman–Crippen MR) is 98.7 cm³/mol. The molecule has 5 nitrogen and oxygen atoms in total. The number of ether oxygens (including phenoxy) is 1. The molecule has 1 amide bonds. The molecule has 0 radical (unpaired) electrons. The van der Waals surface area contributed by atoms with Crippen LogP contribution in [0.3, 0.4) is 0 Å². The maximum absolute atomic E-state index is 12.3. The molecule has 25 heavy (non-hydrogen) atoms. The highest BCUT2D eigenvalue weighted by molar-refractivity contribution is 5.92. The Hall–Kier alpha value is -3.08. The molecule has 0 saturated carbocycles. The summed E-state index contributed by atoms with van der Waals surface area (Å²) in [6, 6.07) is 15.3. The number of amides is 1. The second kappa shape index (κ2) is 7.66. The Morgan fingerprint density at radius 1 is 1.20 bits per heavy atom. The van der Waals surface area contributed by atoms with Crippen LogP contribution in [0.4, 0.5) is 5.69 Å². The highest BCUT2D eigenvalue weighted by Crippen LogP contribution is 2.21. The fourth-order valence-corrected chi connectivity index (χ4v) is 2.59. The van der Waals surface area contributed by atoms with Crippen molar-refractivity contribution in [1.29, 1.82) is 0 Å². The normalized spacial score (nSPS) is 10.5.